The molecule has 30 heavy (non-hydrogen) atoms. The molecule has 0 aliphatic heterocycles. The van der Waals surface area contributed by atoms with E-state index in [1.165, 1.54) is 25.3 Å². The molecule has 3 rings (SSSR count). The highest BCUT2D eigenvalue weighted by Gasteiger charge is 2.27. The fourth-order valence-electron chi connectivity index (χ4n) is 3.17. The predicted octanol–water partition coefficient (Wildman–Crippen LogP) is 2.95. The maximum Gasteiger partial charge on any atom is 0.338 e. The number of esters is 1. The lowest BCUT2D eigenvalue weighted by atomic mass is 9.96. The summed E-state index contributed by atoms with van der Waals surface area (Å²) in [5, 5.41) is 3.87. The summed E-state index contributed by atoms with van der Waals surface area (Å²) in [4.78, 5) is 16.6. The summed E-state index contributed by atoms with van der Waals surface area (Å²) >= 11 is 0. The van der Waals surface area contributed by atoms with Gasteiger partial charge < -0.3 is 14.0 Å². The molecule has 1 aromatic heterocycles. The molecule has 0 radical (unpaired) electrons. The molecule has 0 spiro atoms. The first-order valence-corrected chi connectivity index (χ1v) is 11.3. The highest BCUT2D eigenvalue weighted by atomic mass is 32.2. The van der Waals surface area contributed by atoms with Crippen LogP contribution in [0.4, 0.5) is 0 Å². The average molecular weight is 438 g/mol. The van der Waals surface area contributed by atoms with Crippen LogP contribution in [0.5, 0.6) is 5.75 Å². The second kappa shape index (κ2) is 8.73. The minimum absolute atomic E-state index is 0.0816. The summed E-state index contributed by atoms with van der Waals surface area (Å²) in [6, 6.07) is 4.03. The first kappa shape index (κ1) is 22.2. The van der Waals surface area contributed by atoms with E-state index in [0.29, 0.717) is 5.82 Å². The molecular weight excluding hydrogens is 410 g/mol. The Hall–Kier alpha value is -2.46. The Morgan fingerprint density at radius 3 is 2.57 bits per heavy atom. The van der Waals surface area contributed by atoms with E-state index in [0.717, 1.165) is 25.7 Å². The lowest BCUT2D eigenvalue weighted by Gasteiger charge is -2.15. The molecule has 0 amide bonds. The molecule has 1 fully saturated rings. The number of hydrogen-bond donors (Lipinski definition) is 1. The lowest BCUT2D eigenvalue weighted by Crippen LogP contribution is -2.33. The number of ether oxygens (including phenoxy) is 2. The Kier molecular flexibility index (Phi) is 6.47. The van der Waals surface area contributed by atoms with Gasteiger partial charge in [-0.25, -0.2) is 17.9 Å². The molecule has 9 nitrogen and oxygen atoms in total. The quantitative estimate of drug-likeness (QED) is 0.656. The lowest BCUT2D eigenvalue weighted by molar-refractivity contribution is 0.0429. The van der Waals surface area contributed by atoms with Crippen LogP contribution in [0.15, 0.2) is 27.6 Å². The fraction of sp³-hybridized carbons (Fsp3) is 0.550. The smallest absolute Gasteiger partial charge is 0.338 e. The van der Waals surface area contributed by atoms with E-state index < -0.39 is 16.0 Å². The second-order valence-corrected chi connectivity index (χ2v) is 9.99. The van der Waals surface area contributed by atoms with Crippen molar-refractivity contribution in [1.29, 1.82) is 0 Å². The first-order valence-electron chi connectivity index (χ1n) is 9.81. The van der Waals surface area contributed by atoms with Gasteiger partial charge in [0.25, 0.3) is 5.89 Å². The highest BCUT2D eigenvalue weighted by Crippen LogP contribution is 2.27. The summed E-state index contributed by atoms with van der Waals surface area (Å²) in [5.74, 6) is 0.121. The fourth-order valence-corrected chi connectivity index (χ4v) is 4.67. The number of aromatic nitrogens is 2. The largest absolute Gasteiger partial charge is 0.495 e. The van der Waals surface area contributed by atoms with Gasteiger partial charge in [-0.2, -0.15) is 4.98 Å². The summed E-state index contributed by atoms with van der Waals surface area (Å²) in [5.41, 5.74) is -0.213. The first-order chi connectivity index (χ1) is 14.1. The third kappa shape index (κ3) is 5.17. The van der Waals surface area contributed by atoms with Crippen molar-refractivity contribution >= 4 is 16.0 Å². The van der Waals surface area contributed by atoms with E-state index in [1.54, 1.807) is 0 Å². The predicted molar refractivity (Wildman–Crippen MR) is 108 cm³/mol. The molecule has 1 heterocycles. The summed E-state index contributed by atoms with van der Waals surface area (Å²) < 4.78 is 43.9. The normalized spacial score (nSPS) is 15.3. The zero-order chi connectivity index (χ0) is 21.9. The van der Waals surface area contributed by atoms with E-state index in [2.05, 4.69) is 14.9 Å². The van der Waals surface area contributed by atoms with Crippen molar-refractivity contribution in [3.63, 3.8) is 0 Å². The van der Waals surface area contributed by atoms with Crippen LogP contribution in [0.25, 0.3) is 0 Å². The molecule has 2 aromatic rings. The van der Waals surface area contributed by atoms with Crippen molar-refractivity contribution in [2.45, 2.75) is 69.4 Å². The Labute approximate surface area is 176 Å². The number of methoxy groups -OCH3 is 1. The standard InChI is InChI=1S/C20H27N3O6S/c1-20(2,3)19-21-17(29-22-19)12-28-18(24)13-9-10-15(27-4)16(11-13)30(25,26)23-14-7-5-6-8-14/h9-11,14,23H,5-8,12H2,1-4H3. The van der Waals surface area contributed by atoms with Crippen LogP contribution in [0.2, 0.25) is 0 Å². The monoisotopic (exact) mass is 437 g/mol. The topological polar surface area (TPSA) is 121 Å². The maximum absolute atomic E-state index is 12.8. The number of nitrogens with one attached hydrogen (secondary N) is 1. The Morgan fingerprint density at radius 2 is 1.97 bits per heavy atom. The number of rotatable bonds is 7. The molecule has 0 bridgehead atoms. The third-order valence-electron chi connectivity index (χ3n) is 4.83. The van der Waals surface area contributed by atoms with Crippen molar-refractivity contribution in [3.8, 4) is 5.75 Å². The van der Waals surface area contributed by atoms with E-state index in [1.807, 2.05) is 20.8 Å². The molecule has 1 aliphatic carbocycles. The van der Waals surface area contributed by atoms with Gasteiger partial charge in [0.15, 0.2) is 12.4 Å². The molecule has 0 unspecified atom stereocenters. The zero-order valence-corrected chi connectivity index (χ0v) is 18.4. The summed E-state index contributed by atoms with van der Waals surface area (Å²) in [6.45, 7) is 5.60. The SMILES string of the molecule is COc1ccc(C(=O)OCc2nc(C(C)(C)C)no2)cc1S(=O)(=O)NC1CCCC1. The summed E-state index contributed by atoms with van der Waals surface area (Å²) in [7, 11) is -2.47. The van der Waals surface area contributed by atoms with Crippen molar-refractivity contribution in [2.75, 3.05) is 7.11 Å². The van der Waals surface area contributed by atoms with Crippen molar-refractivity contribution in [3.05, 3.63) is 35.5 Å². The van der Waals surface area contributed by atoms with Crippen molar-refractivity contribution < 1.29 is 27.2 Å². The van der Waals surface area contributed by atoms with Gasteiger partial charge >= 0.3 is 5.97 Å². The van der Waals surface area contributed by atoms with Gasteiger partial charge in [0, 0.05) is 11.5 Å². The van der Waals surface area contributed by atoms with E-state index in [4.69, 9.17) is 14.0 Å². The Balaban J connectivity index is 1.75. The molecule has 0 saturated heterocycles. The van der Waals surface area contributed by atoms with Gasteiger partial charge in [-0.1, -0.05) is 38.8 Å². The number of benzene rings is 1. The van der Waals surface area contributed by atoms with Crippen LogP contribution in [0, 0.1) is 0 Å². The number of carbonyl (C=O) groups excluding carboxylic acids is 1. The molecule has 164 valence electrons. The summed E-state index contributed by atoms with van der Waals surface area (Å²) in [6.07, 6.45) is 3.57. The number of hydrogen-bond acceptors (Lipinski definition) is 8. The van der Waals surface area contributed by atoms with Gasteiger partial charge in [-0.05, 0) is 31.0 Å². The van der Waals surface area contributed by atoms with Crippen LogP contribution >= 0.6 is 0 Å². The zero-order valence-electron chi connectivity index (χ0n) is 17.6. The molecule has 1 aromatic carbocycles. The molecule has 1 aliphatic rings. The van der Waals surface area contributed by atoms with Crippen LogP contribution in [-0.2, 0) is 26.8 Å². The van der Waals surface area contributed by atoms with Gasteiger partial charge in [0.2, 0.25) is 10.0 Å². The van der Waals surface area contributed by atoms with Crippen LogP contribution in [0.1, 0.15) is 68.5 Å². The van der Waals surface area contributed by atoms with E-state index in [9.17, 15) is 13.2 Å². The van der Waals surface area contributed by atoms with Gasteiger partial charge in [0.05, 0.1) is 12.7 Å². The number of nitrogens with zero attached hydrogens (tertiary/aromatic N) is 2. The molecule has 1 N–H and O–H groups in total. The van der Waals surface area contributed by atoms with Gasteiger partial charge in [-0.15, -0.1) is 0 Å². The number of carbonyl (C=O) groups is 1. The molecule has 0 atom stereocenters. The minimum atomic E-state index is -3.85. The molecule has 1 saturated carbocycles. The van der Waals surface area contributed by atoms with Crippen molar-refractivity contribution in [1.82, 2.24) is 14.9 Å². The third-order valence-corrected chi connectivity index (χ3v) is 6.37. The average Bonchev–Trinajstić information content (AvgIpc) is 3.36. The van der Waals surface area contributed by atoms with Crippen LogP contribution in [-0.4, -0.2) is 37.7 Å². The van der Waals surface area contributed by atoms with E-state index in [-0.39, 0.29) is 40.2 Å². The Morgan fingerprint density at radius 1 is 1.27 bits per heavy atom. The van der Waals surface area contributed by atoms with Crippen LogP contribution in [0.3, 0.4) is 0 Å². The molecular formula is C20H27N3O6S. The van der Waals surface area contributed by atoms with E-state index >= 15 is 0 Å². The molecule has 10 heteroatoms. The second-order valence-electron chi connectivity index (χ2n) is 8.31. The maximum atomic E-state index is 12.8. The highest BCUT2D eigenvalue weighted by molar-refractivity contribution is 7.89. The van der Waals surface area contributed by atoms with Crippen molar-refractivity contribution in [2.24, 2.45) is 0 Å². The number of sulfonamides is 1. The van der Waals surface area contributed by atoms with Crippen LogP contribution < -0.4 is 9.46 Å². The van der Waals surface area contributed by atoms with Gasteiger partial charge in [0.1, 0.15) is 10.6 Å². The minimum Gasteiger partial charge on any atom is -0.495 e. The van der Waals surface area contributed by atoms with Gasteiger partial charge in [-0.3, -0.25) is 0 Å². The Bertz CT molecular complexity index is 1000.